The van der Waals surface area contributed by atoms with Crippen molar-refractivity contribution in [3.05, 3.63) is 22.2 Å². The van der Waals surface area contributed by atoms with E-state index in [-0.39, 0.29) is 18.1 Å². The van der Waals surface area contributed by atoms with Crippen LogP contribution in [-0.2, 0) is 9.84 Å². The van der Waals surface area contributed by atoms with Gasteiger partial charge >= 0.3 is 0 Å². The molecule has 0 radical (unpaired) electrons. The fraction of sp³-hybridized carbons (Fsp3) is 0.462. The minimum atomic E-state index is -3.08. The van der Waals surface area contributed by atoms with Crippen molar-refractivity contribution in [2.45, 2.75) is 13.3 Å². The molecule has 0 amide bonds. The van der Waals surface area contributed by atoms with Crippen LogP contribution in [0.4, 0.5) is 0 Å². The molecule has 0 heterocycles. The molecule has 0 fully saturated rings. The average molecular weight is 365 g/mol. The number of methoxy groups -OCH3 is 1. The van der Waals surface area contributed by atoms with Crippen LogP contribution in [0.15, 0.2) is 16.6 Å². The van der Waals surface area contributed by atoms with Gasteiger partial charge in [-0.1, -0.05) is 6.92 Å². The number of ether oxygens (including phenoxy) is 2. The van der Waals surface area contributed by atoms with Gasteiger partial charge < -0.3 is 9.47 Å². The molecule has 20 heavy (non-hydrogen) atoms. The highest BCUT2D eigenvalue weighted by Gasteiger charge is 2.14. The van der Waals surface area contributed by atoms with Gasteiger partial charge in [-0.05, 0) is 34.5 Å². The van der Waals surface area contributed by atoms with Gasteiger partial charge in [0.15, 0.2) is 21.3 Å². The smallest absolute Gasteiger partial charge is 0.175 e. The molecule has 0 aliphatic rings. The van der Waals surface area contributed by atoms with Gasteiger partial charge in [0.05, 0.1) is 23.1 Å². The molecule has 0 saturated carbocycles. The number of aldehydes is 1. The molecular weight excluding hydrogens is 348 g/mol. The van der Waals surface area contributed by atoms with Crippen molar-refractivity contribution in [1.82, 2.24) is 0 Å². The molecule has 0 saturated heterocycles. The van der Waals surface area contributed by atoms with E-state index in [2.05, 4.69) is 15.9 Å². The summed E-state index contributed by atoms with van der Waals surface area (Å²) in [6.45, 7) is 1.86. The summed E-state index contributed by atoms with van der Waals surface area (Å²) in [5, 5.41) is 0. The Kier molecular flexibility index (Phi) is 6.48. The van der Waals surface area contributed by atoms with Crippen molar-refractivity contribution >= 4 is 32.1 Å². The van der Waals surface area contributed by atoms with Gasteiger partial charge in [-0.3, -0.25) is 4.79 Å². The topological polar surface area (TPSA) is 69.7 Å². The van der Waals surface area contributed by atoms with Crippen molar-refractivity contribution in [2.75, 3.05) is 25.2 Å². The third kappa shape index (κ3) is 4.79. The molecule has 0 bridgehead atoms. The van der Waals surface area contributed by atoms with Crippen molar-refractivity contribution in [2.24, 2.45) is 0 Å². The van der Waals surface area contributed by atoms with Gasteiger partial charge in [-0.2, -0.15) is 0 Å². The van der Waals surface area contributed by atoms with E-state index in [9.17, 15) is 13.2 Å². The lowest BCUT2D eigenvalue weighted by Crippen LogP contribution is -2.17. The van der Waals surface area contributed by atoms with E-state index in [1.807, 2.05) is 6.92 Å². The molecule has 0 aliphatic heterocycles. The highest BCUT2D eigenvalue weighted by Crippen LogP contribution is 2.36. The normalized spacial score (nSPS) is 11.2. The first-order valence-electron chi connectivity index (χ1n) is 6.09. The highest BCUT2D eigenvalue weighted by atomic mass is 79.9. The van der Waals surface area contributed by atoms with Crippen LogP contribution < -0.4 is 9.47 Å². The zero-order valence-corrected chi connectivity index (χ0v) is 13.8. The second-order valence-corrected chi connectivity index (χ2v) is 7.31. The van der Waals surface area contributed by atoms with E-state index in [1.54, 1.807) is 6.07 Å². The third-order valence-electron chi connectivity index (χ3n) is 2.54. The fourth-order valence-electron chi connectivity index (χ4n) is 1.63. The molecule has 0 aliphatic carbocycles. The van der Waals surface area contributed by atoms with Crippen molar-refractivity contribution in [3.8, 4) is 11.5 Å². The van der Waals surface area contributed by atoms with Crippen LogP contribution in [0.5, 0.6) is 11.5 Å². The van der Waals surface area contributed by atoms with Crippen molar-refractivity contribution < 1.29 is 22.7 Å². The number of halogens is 1. The van der Waals surface area contributed by atoms with Gasteiger partial charge in [0.25, 0.3) is 0 Å². The summed E-state index contributed by atoms with van der Waals surface area (Å²) in [6, 6.07) is 3.12. The van der Waals surface area contributed by atoms with Crippen LogP contribution in [0.2, 0.25) is 0 Å². The Labute approximate surface area is 127 Å². The van der Waals surface area contributed by atoms with Gasteiger partial charge in [0.2, 0.25) is 0 Å². The highest BCUT2D eigenvalue weighted by molar-refractivity contribution is 9.10. The summed E-state index contributed by atoms with van der Waals surface area (Å²) in [7, 11) is -1.63. The van der Waals surface area contributed by atoms with Crippen LogP contribution in [0, 0.1) is 0 Å². The van der Waals surface area contributed by atoms with E-state index in [0.717, 1.165) is 0 Å². The average Bonchev–Trinajstić information content (AvgIpc) is 2.39. The van der Waals surface area contributed by atoms with Crippen LogP contribution in [-0.4, -0.2) is 39.9 Å². The van der Waals surface area contributed by atoms with E-state index >= 15 is 0 Å². The molecule has 0 aromatic heterocycles. The zero-order valence-electron chi connectivity index (χ0n) is 11.4. The molecule has 0 unspecified atom stereocenters. The maximum Gasteiger partial charge on any atom is 0.175 e. The quantitative estimate of drug-likeness (QED) is 0.662. The first-order chi connectivity index (χ1) is 9.43. The van der Waals surface area contributed by atoms with E-state index in [0.29, 0.717) is 34.2 Å². The first-order valence-corrected chi connectivity index (χ1v) is 8.71. The van der Waals surface area contributed by atoms with E-state index in [4.69, 9.17) is 9.47 Å². The molecule has 5 nitrogen and oxygen atoms in total. The molecule has 7 heteroatoms. The van der Waals surface area contributed by atoms with E-state index in [1.165, 1.54) is 13.2 Å². The lowest BCUT2D eigenvalue weighted by Gasteiger charge is -2.13. The van der Waals surface area contributed by atoms with Crippen LogP contribution in [0.3, 0.4) is 0 Å². The number of benzene rings is 1. The van der Waals surface area contributed by atoms with Crippen LogP contribution in [0.1, 0.15) is 23.7 Å². The molecule has 1 aromatic carbocycles. The maximum atomic E-state index is 11.6. The summed E-state index contributed by atoms with van der Waals surface area (Å²) in [6.07, 6.45) is 1.28. The third-order valence-corrected chi connectivity index (χ3v) is 4.95. The van der Waals surface area contributed by atoms with Gasteiger partial charge in [-0.25, -0.2) is 8.42 Å². The molecule has 1 aromatic rings. The molecule has 112 valence electrons. The number of carbonyl (C=O) groups is 1. The molecule has 0 spiro atoms. The number of hydrogen-bond donors (Lipinski definition) is 0. The Bertz CT molecular complexity index is 568. The number of carbonyl (C=O) groups excluding carboxylic acids is 1. The monoisotopic (exact) mass is 364 g/mol. The second-order valence-electron chi connectivity index (χ2n) is 4.15. The maximum absolute atomic E-state index is 11.6. The summed E-state index contributed by atoms with van der Waals surface area (Å²) < 4.78 is 34.3. The lowest BCUT2D eigenvalue weighted by molar-refractivity contribution is 0.112. The van der Waals surface area contributed by atoms with Crippen molar-refractivity contribution in [1.29, 1.82) is 0 Å². The second kappa shape index (κ2) is 7.64. The summed E-state index contributed by atoms with van der Waals surface area (Å²) in [4.78, 5) is 10.8. The predicted octanol–water partition coefficient (Wildman–Crippen LogP) is 2.47. The number of hydrogen-bond acceptors (Lipinski definition) is 5. The minimum absolute atomic E-state index is 0.0394. The largest absolute Gasteiger partial charge is 0.493 e. The van der Waals surface area contributed by atoms with Gasteiger partial charge in [0, 0.05) is 5.56 Å². The minimum Gasteiger partial charge on any atom is -0.493 e. The van der Waals surface area contributed by atoms with Gasteiger partial charge in [-0.15, -0.1) is 0 Å². The first kappa shape index (κ1) is 17.0. The van der Waals surface area contributed by atoms with Crippen LogP contribution in [0.25, 0.3) is 0 Å². The zero-order chi connectivity index (χ0) is 15.2. The number of sulfone groups is 1. The molecule has 1 rings (SSSR count). The summed E-state index contributed by atoms with van der Waals surface area (Å²) in [5.74, 6) is 0.879. The lowest BCUT2D eigenvalue weighted by atomic mass is 10.2. The van der Waals surface area contributed by atoms with Crippen LogP contribution >= 0.6 is 15.9 Å². The summed E-state index contributed by atoms with van der Waals surface area (Å²) in [5.41, 5.74) is 0.444. The van der Waals surface area contributed by atoms with Gasteiger partial charge in [0.1, 0.15) is 12.9 Å². The predicted molar refractivity (Wildman–Crippen MR) is 80.5 cm³/mol. The Morgan fingerprint density at radius 2 is 2.00 bits per heavy atom. The Balaban J connectivity index is 2.80. The summed E-state index contributed by atoms with van der Waals surface area (Å²) >= 11 is 3.28. The number of rotatable bonds is 8. The Morgan fingerprint density at radius 1 is 1.30 bits per heavy atom. The standard InChI is InChI=1S/C13H17BrO5S/c1-3-5-20(16,17)6-4-19-13-11(14)7-10(9-15)8-12(13)18-2/h7-9H,3-6H2,1-2H3. The molecule has 0 N–H and O–H groups in total. The van der Waals surface area contributed by atoms with Crippen molar-refractivity contribution in [3.63, 3.8) is 0 Å². The fourth-order valence-corrected chi connectivity index (χ4v) is 3.37. The molecule has 0 atom stereocenters. The van der Waals surface area contributed by atoms with E-state index < -0.39 is 9.84 Å². The Hall–Kier alpha value is -1.08. The Morgan fingerprint density at radius 3 is 2.55 bits per heavy atom. The molecular formula is C13H17BrO5S. The SMILES string of the molecule is CCCS(=O)(=O)CCOc1c(Br)cc(C=O)cc1OC.